The number of aromatic nitrogens is 6. The lowest BCUT2D eigenvalue weighted by Crippen LogP contribution is -2.28. The Balaban J connectivity index is 1.88. The van der Waals surface area contributed by atoms with E-state index in [1.807, 2.05) is 6.92 Å². The average molecular weight is 277 g/mol. The monoisotopic (exact) mass is 277 g/mol. The van der Waals surface area contributed by atoms with Gasteiger partial charge in [-0.3, -0.25) is 5.43 Å². The van der Waals surface area contributed by atoms with Crippen LogP contribution in [0.25, 0.3) is 5.95 Å². The van der Waals surface area contributed by atoms with Crippen LogP contribution in [0.15, 0.2) is 12.7 Å². The lowest BCUT2D eigenvalue weighted by atomic mass is 10.2. The second-order valence-corrected chi connectivity index (χ2v) is 4.38. The van der Waals surface area contributed by atoms with E-state index in [1.165, 1.54) is 17.3 Å². The molecule has 106 valence electrons. The van der Waals surface area contributed by atoms with E-state index in [9.17, 15) is 0 Å². The van der Waals surface area contributed by atoms with Gasteiger partial charge in [0.15, 0.2) is 0 Å². The van der Waals surface area contributed by atoms with Crippen LogP contribution in [-0.2, 0) is 4.74 Å². The lowest BCUT2D eigenvalue weighted by Gasteiger charge is -2.16. The molecule has 3 rings (SSSR count). The summed E-state index contributed by atoms with van der Waals surface area (Å²) in [5.74, 6) is 6.38. The number of nitrogen functional groups attached to an aromatic ring is 1. The van der Waals surface area contributed by atoms with E-state index >= 15 is 0 Å². The molecule has 1 aliphatic heterocycles. The lowest BCUT2D eigenvalue weighted by molar-refractivity contribution is 0.121. The maximum Gasteiger partial charge on any atom is 0.258 e. The molecular formula is C10H15N9O. The Hall–Kier alpha value is -2.33. The van der Waals surface area contributed by atoms with E-state index in [0.29, 0.717) is 11.9 Å². The van der Waals surface area contributed by atoms with E-state index in [1.54, 1.807) is 0 Å². The van der Waals surface area contributed by atoms with Crippen LogP contribution in [0.4, 0.5) is 11.9 Å². The molecule has 1 aliphatic rings. The number of ether oxygens (including phenoxy) is 1. The Morgan fingerprint density at radius 2 is 2.20 bits per heavy atom. The van der Waals surface area contributed by atoms with Crippen LogP contribution < -0.4 is 16.6 Å². The molecule has 10 heteroatoms. The highest BCUT2D eigenvalue weighted by Crippen LogP contribution is 2.17. The Bertz CT molecular complexity index is 572. The van der Waals surface area contributed by atoms with E-state index in [-0.39, 0.29) is 18.1 Å². The summed E-state index contributed by atoms with van der Waals surface area (Å²) in [6, 6.07) is 0.159. The second-order valence-electron chi connectivity index (χ2n) is 4.38. The Kier molecular flexibility index (Phi) is 3.39. The molecule has 1 fully saturated rings. The third-order valence-electron chi connectivity index (χ3n) is 3.07. The van der Waals surface area contributed by atoms with Crippen molar-refractivity contribution in [3.8, 4) is 5.95 Å². The van der Waals surface area contributed by atoms with E-state index in [2.05, 4.69) is 35.8 Å². The van der Waals surface area contributed by atoms with Gasteiger partial charge in [-0.2, -0.15) is 24.7 Å². The van der Waals surface area contributed by atoms with Crippen molar-refractivity contribution in [2.24, 2.45) is 5.84 Å². The summed E-state index contributed by atoms with van der Waals surface area (Å²) in [7, 11) is 0. The molecule has 20 heavy (non-hydrogen) atoms. The molecule has 0 saturated carbocycles. The highest BCUT2D eigenvalue weighted by Gasteiger charge is 2.25. The summed E-state index contributed by atoms with van der Waals surface area (Å²) in [5.41, 5.74) is 2.41. The molecule has 0 spiro atoms. The average Bonchev–Trinajstić information content (AvgIpc) is 3.11. The zero-order chi connectivity index (χ0) is 13.9. The Labute approximate surface area is 114 Å². The van der Waals surface area contributed by atoms with Gasteiger partial charge in [-0.05, 0) is 13.3 Å². The number of nitrogens with zero attached hydrogens (tertiary/aromatic N) is 6. The van der Waals surface area contributed by atoms with Crippen molar-refractivity contribution in [2.75, 3.05) is 17.3 Å². The number of hydrazine groups is 1. The van der Waals surface area contributed by atoms with Crippen molar-refractivity contribution in [3.63, 3.8) is 0 Å². The van der Waals surface area contributed by atoms with Crippen molar-refractivity contribution < 1.29 is 4.74 Å². The molecule has 0 aliphatic carbocycles. The molecule has 0 bridgehead atoms. The summed E-state index contributed by atoms with van der Waals surface area (Å²) in [5, 5.41) is 7.20. The van der Waals surface area contributed by atoms with Crippen LogP contribution in [0, 0.1) is 0 Å². The van der Waals surface area contributed by atoms with Gasteiger partial charge >= 0.3 is 0 Å². The van der Waals surface area contributed by atoms with Gasteiger partial charge in [0, 0.05) is 6.61 Å². The number of nitrogens with one attached hydrogen (secondary N) is 2. The molecule has 10 nitrogen and oxygen atoms in total. The topological polar surface area (TPSA) is 129 Å². The smallest absolute Gasteiger partial charge is 0.258 e. The fourth-order valence-electron chi connectivity index (χ4n) is 1.99. The third kappa shape index (κ3) is 2.51. The standard InChI is InChI=1S/C10H15N9O/c1-6-7(2-3-20-6)14-8-15-9(18-11)17-10(16-8)19-5-12-4-13-19/h4-7H,2-3,11H2,1H3,(H2,14,15,16,17,18). The van der Waals surface area contributed by atoms with Crippen LogP contribution in [0.2, 0.25) is 0 Å². The molecule has 2 aromatic rings. The molecule has 3 heterocycles. The third-order valence-corrected chi connectivity index (χ3v) is 3.07. The maximum absolute atomic E-state index is 5.50. The molecule has 0 radical (unpaired) electrons. The van der Waals surface area contributed by atoms with Crippen molar-refractivity contribution in [3.05, 3.63) is 12.7 Å². The largest absolute Gasteiger partial charge is 0.376 e. The van der Waals surface area contributed by atoms with Crippen LogP contribution in [0.3, 0.4) is 0 Å². The maximum atomic E-state index is 5.50. The van der Waals surface area contributed by atoms with Crippen LogP contribution in [0.5, 0.6) is 0 Å². The van der Waals surface area contributed by atoms with Gasteiger partial charge in [0.1, 0.15) is 12.7 Å². The molecule has 2 unspecified atom stereocenters. The predicted octanol–water partition coefficient (Wildman–Crippen LogP) is -0.673. The number of anilines is 2. The molecule has 2 atom stereocenters. The predicted molar refractivity (Wildman–Crippen MR) is 70.0 cm³/mol. The van der Waals surface area contributed by atoms with Gasteiger partial charge in [-0.1, -0.05) is 0 Å². The van der Waals surface area contributed by atoms with Gasteiger partial charge in [-0.25, -0.2) is 10.8 Å². The van der Waals surface area contributed by atoms with E-state index < -0.39 is 0 Å². The normalized spacial score (nSPS) is 21.9. The Morgan fingerprint density at radius 3 is 2.85 bits per heavy atom. The number of rotatable bonds is 4. The summed E-state index contributed by atoms with van der Waals surface area (Å²) in [4.78, 5) is 16.4. The first kappa shape index (κ1) is 12.7. The highest BCUT2D eigenvalue weighted by atomic mass is 16.5. The first-order valence-electron chi connectivity index (χ1n) is 6.22. The summed E-state index contributed by atoms with van der Waals surface area (Å²) in [6.45, 7) is 2.73. The van der Waals surface area contributed by atoms with Gasteiger partial charge in [0.2, 0.25) is 11.9 Å². The van der Waals surface area contributed by atoms with Gasteiger partial charge in [-0.15, -0.1) is 0 Å². The summed E-state index contributed by atoms with van der Waals surface area (Å²) in [6.07, 6.45) is 3.91. The number of hydrogen-bond acceptors (Lipinski definition) is 9. The summed E-state index contributed by atoms with van der Waals surface area (Å²) >= 11 is 0. The van der Waals surface area contributed by atoms with Gasteiger partial charge < -0.3 is 10.1 Å². The fraction of sp³-hybridized carbons (Fsp3) is 0.500. The van der Waals surface area contributed by atoms with Gasteiger partial charge in [0.25, 0.3) is 5.95 Å². The number of hydrogen-bond donors (Lipinski definition) is 3. The molecular weight excluding hydrogens is 262 g/mol. The second kappa shape index (κ2) is 5.35. The molecule has 0 aromatic carbocycles. The molecule has 0 amide bonds. The minimum Gasteiger partial charge on any atom is -0.376 e. The summed E-state index contributed by atoms with van der Waals surface area (Å²) < 4.78 is 6.93. The highest BCUT2D eigenvalue weighted by molar-refractivity contribution is 5.37. The van der Waals surface area contributed by atoms with Crippen molar-refractivity contribution in [2.45, 2.75) is 25.5 Å². The first-order valence-corrected chi connectivity index (χ1v) is 6.22. The minimum absolute atomic E-state index is 0.107. The number of nitrogens with two attached hydrogens (primary N) is 1. The van der Waals surface area contributed by atoms with Crippen molar-refractivity contribution >= 4 is 11.9 Å². The quantitative estimate of drug-likeness (QED) is 0.492. The molecule has 1 saturated heterocycles. The first-order chi connectivity index (χ1) is 9.76. The van der Waals surface area contributed by atoms with Crippen molar-refractivity contribution in [1.29, 1.82) is 0 Å². The molecule has 2 aromatic heterocycles. The van der Waals surface area contributed by atoms with E-state index in [4.69, 9.17) is 10.6 Å². The molecule has 4 N–H and O–H groups in total. The fourth-order valence-corrected chi connectivity index (χ4v) is 1.99. The zero-order valence-electron chi connectivity index (χ0n) is 10.9. The minimum atomic E-state index is 0.107. The van der Waals surface area contributed by atoms with Crippen LogP contribution in [0.1, 0.15) is 13.3 Å². The Morgan fingerprint density at radius 1 is 1.35 bits per heavy atom. The van der Waals surface area contributed by atoms with Crippen molar-refractivity contribution in [1.82, 2.24) is 29.7 Å². The van der Waals surface area contributed by atoms with Gasteiger partial charge in [0.05, 0.1) is 12.1 Å². The van der Waals surface area contributed by atoms with Crippen LogP contribution >= 0.6 is 0 Å². The SMILES string of the molecule is CC1OCCC1Nc1nc(NN)nc(-n2cncn2)n1. The zero-order valence-corrected chi connectivity index (χ0v) is 10.9. The van der Waals surface area contributed by atoms with Crippen LogP contribution in [-0.4, -0.2) is 48.5 Å². The van der Waals surface area contributed by atoms with E-state index in [0.717, 1.165) is 13.0 Å².